The second-order valence-electron chi connectivity index (χ2n) is 10.4. The first-order valence-electron chi connectivity index (χ1n) is 12.2. The van der Waals surface area contributed by atoms with Crippen molar-refractivity contribution in [2.75, 3.05) is 6.54 Å². The Kier molecular flexibility index (Phi) is 5.97. The summed E-state index contributed by atoms with van der Waals surface area (Å²) in [4.78, 5) is 26.0. The van der Waals surface area contributed by atoms with Crippen molar-refractivity contribution in [2.45, 2.75) is 62.9 Å². The van der Waals surface area contributed by atoms with Crippen LogP contribution < -0.4 is 16.0 Å². The number of rotatable bonds is 7. The van der Waals surface area contributed by atoms with Gasteiger partial charge in [-0.25, -0.2) is 4.79 Å². The van der Waals surface area contributed by atoms with E-state index in [9.17, 15) is 9.59 Å². The largest absolute Gasteiger partial charge is 0.353 e. The second kappa shape index (κ2) is 9.05. The fraction of sp³-hybridized carbons (Fsp3) is 0.519. The highest BCUT2D eigenvalue weighted by molar-refractivity contribution is 5.88. The summed E-state index contributed by atoms with van der Waals surface area (Å²) in [6.45, 7) is 0.280. The molecule has 2 aromatic rings. The maximum atomic E-state index is 13.1. The normalized spacial score (nSPS) is 28.2. The Morgan fingerprint density at radius 3 is 2.33 bits per heavy atom. The third kappa shape index (κ3) is 4.83. The van der Waals surface area contributed by atoms with Crippen molar-refractivity contribution in [3.05, 3.63) is 48.0 Å². The number of carbonyl (C=O) groups is 2. The zero-order valence-electron chi connectivity index (χ0n) is 19.0. The van der Waals surface area contributed by atoms with Crippen molar-refractivity contribution < 1.29 is 9.59 Å². The lowest BCUT2D eigenvalue weighted by molar-refractivity contribution is -0.122. The molecular weight excluding hydrogens is 412 g/mol. The van der Waals surface area contributed by atoms with Crippen LogP contribution in [-0.2, 0) is 11.2 Å². The number of amides is 3. The molecule has 0 radical (unpaired) electrons. The Morgan fingerprint density at radius 2 is 1.67 bits per heavy atom. The average Bonchev–Trinajstić information content (AvgIpc) is 2.77. The van der Waals surface area contributed by atoms with E-state index < -0.39 is 6.04 Å². The molecule has 0 saturated heterocycles. The molecule has 6 heteroatoms. The number of urea groups is 1. The van der Waals surface area contributed by atoms with E-state index in [-0.39, 0.29) is 30.4 Å². The lowest BCUT2D eigenvalue weighted by Gasteiger charge is -2.56. The summed E-state index contributed by atoms with van der Waals surface area (Å²) in [5, 5.41) is 20.1. The van der Waals surface area contributed by atoms with Crippen molar-refractivity contribution >= 4 is 22.7 Å². The predicted octanol–water partition coefficient (Wildman–Crippen LogP) is 4.05. The summed E-state index contributed by atoms with van der Waals surface area (Å²) >= 11 is 0. The fourth-order valence-electron chi connectivity index (χ4n) is 6.87. The first-order chi connectivity index (χ1) is 16.0. The lowest BCUT2D eigenvalue weighted by atomic mass is 9.53. The van der Waals surface area contributed by atoms with Crippen LogP contribution in [0.2, 0.25) is 0 Å². The molecule has 4 fully saturated rings. The molecule has 0 spiro atoms. The number of hydrogen-bond acceptors (Lipinski definition) is 3. The Hall–Kier alpha value is -3.07. The number of carbonyl (C=O) groups excluding carboxylic acids is 2. The van der Waals surface area contributed by atoms with Gasteiger partial charge in [0.15, 0.2) is 0 Å². The Morgan fingerprint density at radius 1 is 1.00 bits per heavy atom. The minimum absolute atomic E-state index is 0.108. The number of nitriles is 1. The van der Waals surface area contributed by atoms with E-state index in [1.54, 1.807) is 0 Å². The van der Waals surface area contributed by atoms with Crippen LogP contribution in [0.1, 0.15) is 50.5 Å². The number of nitrogens with one attached hydrogen (secondary N) is 3. The van der Waals surface area contributed by atoms with Gasteiger partial charge >= 0.3 is 6.03 Å². The van der Waals surface area contributed by atoms with Crippen LogP contribution in [0.15, 0.2) is 42.5 Å². The molecule has 4 bridgehead atoms. The van der Waals surface area contributed by atoms with Crippen molar-refractivity contribution in [1.29, 1.82) is 5.26 Å². The molecule has 0 aliphatic heterocycles. The van der Waals surface area contributed by atoms with Gasteiger partial charge in [0.05, 0.1) is 12.5 Å². The van der Waals surface area contributed by atoms with Crippen molar-refractivity contribution in [1.82, 2.24) is 16.0 Å². The maximum absolute atomic E-state index is 13.1. The van der Waals surface area contributed by atoms with Crippen molar-refractivity contribution in [3.8, 4) is 6.07 Å². The average molecular weight is 445 g/mol. The number of benzene rings is 2. The van der Waals surface area contributed by atoms with Crippen LogP contribution >= 0.6 is 0 Å². The van der Waals surface area contributed by atoms with Gasteiger partial charge < -0.3 is 16.0 Å². The van der Waals surface area contributed by atoms with Gasteiger partial charge in [-0.05, 0) is 72.6 Å². The van der Waals surface area contributed by atoms with Crippen LogP contribution in [0, 0.1) is 29.1 Å². The van der Waals surface area contributed by atoms with E-state index >= 15 is 0 Å². The van der Waals surface area contributed by atoms with Crippen LogP contribution in [0.4, 0.5) is 4.79 Å². The summed E-state index contributed by atoms with van der Waals surface area (Å²) in [6.07, 6.45) is 7.78. The van der Waals surface area contributed by atoms with Gasteiger partial charge in [0, 0.05) is 18.5 Å². The van der Waals surface area contributed by atoms with Crippen molar-refractivity contribution in [2.24, 2.45) is 17.8 Å². The zero-order valence-corrected chi connectivity index (χ0v) is 19.0. The summed E-state index contributed by atoms with van der Waals surface area (Å²) in [6, 6.07) is 15.3. The molecule has 33 heavy (non-hydrogen) atoms. The van der Waals surface area contributed by atoms with Crippen LogP contribution in [-0.4, -0.2) is 30.1 Å². The summed E-state index contributed by atoms with van der Waals surface area (Å²) in [5.74, 6) is 1.96. The van der Waals surface area contributed by atoms with E-state index in [1.165, 1.54) is 19.3 Å². The van der Waals surface area contributed by atoms with E-state index in [0.29, 0.717) is 6.42 Å². The number of nitrogens with zero attached hydrogens (tertiary/aromatic N) is 1. The molecule has 0 heterocycles. The molecule has 6 rings (SSSR count). The van der Waals surface area contributed by atoms with Crippen LogP contribution in [0.5, 0.6) is 0 Å². The molecule has 1 unspecified atom stereocenters. The van der Waals surface area contributed by atoms with Gasteiger partial charge in [-0.15, -0.1) is 0 Å². The first kappa shape index (κ1) is 21.8. The maximum Gasteiger partial charge on any atom is 0.315 e. The Labute approximate surface area is 195 Å². The standard InChI is InChI=1S/C27H32N4O2/c28-8-3-9-29-25(32)24(14-18-6-7-22-4-1-2-5-23(22)13-18)30-26(33)31-27-15-19-10-20(16-27)12-21(11-19)17-27/h1-2,4-7,13,19-21,24H,3,9-12,14-17H2,(H,29,32)(H2,30,31,33). The first-order valence-corrected chi connectivity index (χ1v) is 12.2. The van der Waals surface area contributed by atoms with E-state index in [0.717, 1.165) is 53.4 Å². The molecule has 4 aliphatic rings. The Balaban J connectivity index is 1.29. The minimum Gasteiger partial charge on any atom is -0.353 e. The molecule has 2 aromatic carbocycles. The van der Waals surface area contributed by atoms with Crippen LogP contribution in [0.3, 0.4) is 0 Å². The third-order valence-electron chi connectivity index (χ3n) is 7.83. The van der Waals surface area contributed by atoms with E-state index in [2.05, 4.69) is 28.1 Å². The van der Waals surface area contributed by atoms with Gasteiger partial charge in [0.1, 0.15) is 6.04 Å². The lowest BCUT2D eigenvalue weighted by Crippen LogP contribution is -2.63. The molecule has 6 nitrogen and oxygen atoms in total. The highest BCUT2D eigenvalue weighted by Crippen LogP contribution is 2.55. The molecule has 172 valence electrons. The van der Waals surface area contributed by atoms with Crippen LogP contribution in [0.25, 0.3) is 10.8 Å². The molecule has 3 N–H and O–H groups in total. The smallest absolute Gasteiger partial charge is 0.315 e. The monoisotopic (exact) mass is 444 g/mol. The topological polar surface area (TPSA) is 94.0 Å². The van der Waals surface area contributed by atoms with Gasteiger partial charge in [0.25, 0.3) is 0 Å². The summed E-state index contributed by atoms with van der Waals surface area (Å²) in [5.41, 5.74) is 0.883. The van der Waals surface area contributed by atoms with E-state index in [4.69, 9.17) is 5.26 Å². The van der Waals surface area contributed by atoms with Gasteiger partial charge in [-0.3, -0.25) is 4.79 Å². The second-order valence-corrected chi connectivity index (χ2v) is 10.4. The highest BCUT2D eigenvalue weighted by atomic mass is 16.2. The summed E-state index contributed by atoms with van der Waals surface area (Å²) < 4.78 is 0. The molecule has 4 aliphatic carbocycles. The molecule has 0 aromatic heterocycles. The van der Waals surface area contributed by atoms with Gasteiger partial charge in [-0.2, -0.15) is 5.26 Å². The highest BCUT2D eigenvalue weighted by Gasteiger charge is 2.51. The molecular formula is C27H32N4O2. The minimum atomic E-state index is -0.696. The predicted molar refractivity (Wildman–Crippen MR) is 127 cm³/mol. The molecule has 4 saturated carbocycles. The molecule has 1 atom stereocenters. The van der Waals surface area contributed by atoms with E-state index in [1.807, 2.05) is 36.4 Å². The quantitative estimate of drug-likeness (QED) is 0.563. The SMILES string of the molecule is N#CCCNC(=O)C(Cc1ccc2ccccc2c1)NC(=O)NC12CC3CC(CC(C3)C1)C2. The Bertz CT molecular complexity index is 1050. The number of fused-ring (bicyclic) bond motifs is 1. The molecule has 3 amide bonds. The zero-order chi connectivity index (χ0) is 22.8. The van der Waals surface area contributed by atoms with Gasteiger partial charge in [0.2, 0.25) is 5.91 Å². The van der Waals surface area contributed by atoms with Crippen molar-refractivity contribution in [3.63, 3.8) is 0 Å². The summed E-state index contributed by atoms with van der Waals surface area (Å²) in [7, 11) is 0. The fourth-order valence-corrected chi connectivity index (χ4v) is 6.87. The third-order valence-corrected chi connectivity index (χ3v) is 7.83. The van der Waals surface area contributed by atoms with Gasteiger partial charge in [-0.1, -0.05) is 42.5 Å². The number of hydrogen-bond donors (Lipinski definition) is 3.